The fourth-order valence-corrected chi connectivity index (χ4v) is 6.54. The molecule has 41 heavy (non-hydrogen) atoms. The molecule has 220 valence electrons. The summed E-state index contributed by atoms with van der Waals surface area (Å²) in [5.41, 5.74) is 0.881. The van der Waals surface area contributed by atoms with Crippen LogP contribution in [0.15, 0.2) is 41.3 Å². The molecule has 0 saturated carbocycles. The third kappa shape index (κ3) is 8.06. The molecule has 0 fully saturated rings. The van der Waals surface area contributed by atoms with Gasteiger partial charge in [0.25, 0.3) is 5.91 Å². The number of anilines is 1. The Hall–Kier alpha value is -3.46. The molecule has 1 amide bonds. The Bertz CT molecular complexity index is 1450. The lowest BCUT2D eigenvalue weighted by atomic mass is 10.2. The molecule has 3 aromatic rings. The van der Waals surface area contributed by atoms with Crippen LogP contribution < -0.4 is 14.4 Å². The molecule has 11 nitrogen and oxygen atoms in total. The number of benzene rings is 2. The first-order chi connectivity index (χ1) is 19.2. The van der Waals surface area contributed by atoms with Crippen LogP contribution in [0.5, 0.6) is 11.5 Å². The van der Waals surface area contributed by atoms with E-state index in [0.717, 1.165) is 15.5 Å². The third-order valence-corrected chi connectivity index (χ3v) is 9.05. The van der Waals surface area contributed by atoms with Gasteiger partial charge in [-0.1, -0.05) is 11.3 Å². The van der Waals surface area contributed by atoms with E-state index < -0.39 is 10.0 Å². The average Bonchev–Trinajstić information content (AvgIpc) is 3.39. The summed E-state index contributed by atoms with van der Waals surface area (Å²) in [6.45, 7) is 1.09. The predicted molar refractivity (Wildman–Crippen MR) is 160 cm³/mol. The lowest BCUT2D eigenvalue weighted by Crippen LogP contribution is -2.34. The number of rotatable bonds is 14. The Balaban J connectivity index is 0.00000588. The van der Waals surface area contributed by atoms with Crippen molar-refractivity contribution in [3.05, 3.63) is 42.0 Å². The summed E-state index contributed by atoms with van der Waals surface area (Å²) in [7, 11) is 3.07. The van der Waals surface area contributed by atoms with Gasteiger partial charge in [0, 0.05) is 38.0 Å². The van der Waals surface area contributed by atoms with Gasteiger partial charge in [-0.2, -0.15) is 14.8 Å². The zero-order valence-electron chi connectivity index (χ0n) is 23.4. The van der Waals surface area contributed by atoms with E-state index in [9.17, 15) is 13.2 Å². The number of methoxy groups -OCH3 is 2. The maximum atomic E-state index is 13.8. The quantitative estimate of drug-likeness (QED) is 0.260. The number of carbonyl (C=O) groups excluding carboxylic acids is 1. The molecule has 0 aliphatic heterocycles. The highest BCUT2D eigenvalue weighted by atomic mass is 35.5. The first-order valence-corrected chi connectivity index (χ1v) is 14.8. The van der Waals surface area contributed by atoms with E-state index in [0.29, 0.717) is 40.7 Å². The number of carbonyl (C=O) groups is 1. The minimum atomic E-state index is -3.95. The van der Waals surface area contributed by atoms with Gasteiger partial charge in [0.2, 0.25) is 10.0 Å². The summed E-state index contributed by atoms with van der Waals surface area (Å²) in [5.74, 6) is 0.851. The van der Waals surface area contributed by atoms with Gasteiger partial charge in [0.15, 0.2) is 5.13 Å². The number of aromatic nitrogens is 1. The maximum absolute atomic E-state index is 13.8. The lowest BCUT2D eigenvalue weighted by Gasteiger charge is -2.22. The average molecular weight is 621 g/mol. The van der Waals surface area contributed by atoms with Crippen molar-refractivity contribution >= 4 is 55.0 Å². The van der Waals surface area contributed by atoms with E-state index in [4.69, 9.17) is 25.0 Å². The van der Waals surface area contributed by atoms with Crippen molar-refractivity contribution < 1.29 is 22.7 Å². The van der Waals surface area contributed by atoms with Crippen LogP contribution in [0.3, 0.4) is 0 Å². The molecule has 0 aliphatic carbocycles. The monoisotopic (exact) mass is 620 g/mol. The van der Waals surface area contributed by atoms with Crippen molar-refractivity contribution in [2.75, 3.05) is 59.4 Å². The molecule has 1 heterocycles. The van der Waals surface area contributed by atoms with Gasteiger partial charge in [-0.15, -0.1) is 12.4 Å². The summed E-state index contributed by atoms with van der Waals surface area (Å²) < 4.78 is 39.2. The Morgan fingerprint density at radius 3 is 2.05 bits per heavy atom. The van der Waals surface area contributed by atoms with E-state index >= 15 is 0 Å². The van der Waals surface area contributed by atoms with E-state index in [1.807, 2.05) is 31.1 Å². The van der Waals surface area contributed by atoms with Crippen molar-refractivity contribution in [3.63, 3.8) is 0 Å². The molecular formula is C27H33ClN6O5S2. The number of amides is 1. The number of hydrogen-bond acceptors (Lipinski definition) is 10. The molecular weight excluding hydrogens is 588 g/mol. The number of hydrogen-bond donors (Lipinski definition) is 0. The highest BCUT2D eigenvalue weighted by molar-refractivity contribution is 7.89. The third-order valence-electron chi connectivity index (χ3n) is 6.05. The van der Waals surface area contributed by atoms with Crippen LogP contribution in [-0.2, 0) is 10.0 Å². The van der Waals surface area contributed by atoms with Crippen molar-refractivity contribution in [2.24, 2.45) is 0 Å². The molecule has 0 atom stereocenters. The van der Waals surface area contributed by atoms with E-state index in [1.165, 1.54) is 35.6 Å². The van der Waals surface area contributed by atoms with Crippen LogP contribution in [0.25, 0.3) is 10.2 Å². The van der Waals surface area contributed by atoms with Gasteiger partial charge >= 0.3 is 0 Å². The Morgan fingerprint density at radius 1 is 0.927 bits per heavy atom. The second-order valence-electron chi connectivity index (χ2n) is 9.00. The van der Waals surface area contributed by atoms with E-state index in [-0.39, 0.29) is 49.1 Å². The number of nitriles is 2. The van der Waals surface area contributed by atoms with Gasteiger partial charge in [-0.3, -0.25) is 9.69 Å². The summed E-state index contributed by atoms with van der Waals surface area (Å²) in [5, 5.41) is 18.3. The van der Waals surface area contributed by atoms with Crippen LogP contribution in [0.1, 0.15) is 29.6 Å². The van der Waals surface area contributed by atoms with Crippen LogP contribution in [-0.4, -0.2) is 83.0 Å². The second-order valence-corrected chi connectivity index (χ2v) is 11.9. The van der Waals surface area contributed by atoms with Gasteiger partial charge < -0.3 is 14.4 Å². The van der Waals surface area contributed by atoms with Crippen molar-refractivity contribution in [3.8, 4) is 23.6 Å². The number of fused-ring (bicyclic) bond motifs is 1. The summed E-state index contributed by atoms with van der Waals surface area (Å²) in [6.07, 6.45) is 0.684. The lowest BCUT2D eigenvalue weighted by molar-refractivity contribution is 0.0986. The van der Waals surface area contributed by atoms with Crippen molar-refractivity contribution in [1.29, 1.82) is 10.5 Å². The number of sulfonamides is 1. The Morgan fingerprint density at radius 2 is 1.51 bits per heavy atom. The smallest absolute Gasteiger partial charge is 0.260 e. The summed E-state index contributed by atoms with van der Waals surface area (Å²) >= 11 is 1.31. The number of halogens is 1. The largest absolute Gasteiger partial charge is 0.495 e. The standard InChI is InChI=1S/C27H32N6O5S2.ClH/c1-31(2)16-7-19-33(27-30-24-22(37-3)12-13-23(38-4)25(24)39-27)26(34)20-8-10-21(11-9-20)40(35,36)32(17-5-14-28)18-6-15-29;/h8-13H,5-7,16-19H2,1-4H3;1H. The highest BCUT2D eigenvalue weighted by Crippen LogP contribution is 2.40. The molecule has 0 unspecified atom stereocenters. The normalized spacial score (nSPS) is 11.1. The molecule has 2 aromatic carbocycles. The second kappa shape index (κ2) is 15.5. The first-order valence-electron chi connectivity index (χ1n) is 12.5. The molecule has 0 aliphatic rings. The fraction of sp³-hybridized carbons (Fsp3) is 0.407. The summed E-state index contributed by atoms with van der Waals surface area (Å²) in [4.78, 5) is 22.1. The molecule has 3 rings (SSSR count). The maximum Gasteiger partial charge on any atom is 0.260 e. The van der Waals surface area contributed by atoms with Crippen LogP contribution in [0.2, 0.25) is 0 Å². The number of thiazole rings is 1. The van der Waals surface area contributed by atoms with E-state index in [1.54, 1.807) is 31.3 Å². The molecule has 0 radical (unpaired) electrons. The first kappa shape index (κ1) is 33.7. The molecule has 0 N–H and O–H groups in total. The molecule has 14 heteroatoms. The Kier molecular flexibility index (Phi) is 12.8. The predicted octanol–water partition coefficient (Wildman–Crippen LogP) is 4.15. The highest BCUT2D eigenvalue weighted by Gasteiger charge is 2.26. The number of ether oxygens (including phenoxy) is 2. The fourth-order valence-electron chi connectivity index (χ4n) is 3.99. The van der Waals surface area contributed by atoms with Crippen molar-refractivity contribution in [2.45, 2.75) is 24.2 Å². The van der Waals surface area contributed by atoms with Crippen molar-refractivity contribution in [1.82, 2.24) is 14.2 Å². The van der Waals surface area contributed by atoms with Gasteiger partial charge in [-0.25, -0.2) is 13.4 Å². The summed E-state index contributed by atoms with van der Waals surface area (Å²) in [6, 6.07) is 13.1. The minimum absolute atomic E-state index is 0. The van der Waals surface area contributed by atoms with Gasteiger partial charge in [0.05, 0.1) is 31.3 Å². The van der Waals surface area contributed by atoms with Crippen LogP contribution in [0, 0.1) is 22.7 Å². The molecule has 0 bridgehead atoms. The molecule has 0 saturated heterocycles. The van der Waals surface area contributed by atoms with Crippen LogP contribution >= 0.6 is 23.7 Å². The zero-order chi connectivity index (χ0) is 29.3. The van der Waals surface area contributed by atoms with Gasteiger partial charge in [-0.05, 0) is 63.5 Å². The molecule has 1 aromatic heterocycles. The topological polar surface area (TPSA) is 140 Å². The number of nitrogens with zero attached hydrogens (tertiary/aromatic N) is 6. The Labute approximate surface area is 251 Å². The van der Waals surface area contributed by atoms with Gasteiger partial charge in [0.1, 0.15) is 21.7 Å². The van der Waals surface area contributed by atoms with E-state index in [2.05, 4.69) is 0 Å². The minimum Gasteiger partial charge on any atom is -0.495 e. The zero-order valence-corrected chi connectivity index (χ0v) is 25.8. The molecule has 0 spiro atoms. The van der Waals surface area contributed by atoms with Crippen LogP contribution in [0.4, 0.5) is 5.13 Å². The SMILES string of the molecule is COc1ccc(OC)c2sc(N(CCCN(C)C)C(=O)c3ccc(S(=O)(=O)N(CCC#N)CCC#N)cc3)nc12.Cl.